The minimum Gasteiger partial charge on any atom is -0.481 e. The van der Waals surface area contributed by atoms with Crippen molar-refractivity contribution in [1.82, 2.24) is 0 Å². The fourth-order valence-corrected chi connectivity index (χ4v) is 2.80. The molecule has 0 heterocycles. The minimum absolute atomic E-state index is 0.151. The average Bonchev–Trinajstić information content (AvgIpc) is 2.70. The molecule has 2 aromatic carbocycles. The Morgan fingerprint density at radius 3 is 1.42 bits per heavy atom. The third-order valence-corrected chi connectivity index (χ3v) is 4.64. The standard InChI is InChI=1S/C23H22O8/c1-14-4-8-17(9-5-14)30-19(24)12-23(22(28)29,16(3)21(26)27)13-20(25)31-18-10-6-15(2)7-11-18/h4-11H,3,12-13H2,1-2H3,(H,26,27)(H,28,29). The Balaban J connectivity index is 2.27. The van der Waals surface area contributed by atoms with Crippen LogP contribution in [-0.2, 0) is 19.2 Å². The summed E-state index contributed by atoms with van der Waals surface area (Å²) in [5.41, 5.74) is -1.45. The number of ether oxygens (including phenoxy) is 2. The molecule has 0 saturated carbocycles. The largest absolute Gasteiger partial charge is 0.481 e. The van der Waals surface area contributed by atoms with Gasteiger partial charge in [-0.15, -0.1) is 0 Å². The molecular weight excluding hydrogens is 404 g/mol. The number of hydrogen-bond donors (Lipinski definition) is 2. The molecule has 0 radical (unpaired) electrons. The molecule has 0 saturated heterocycles. The summed E-state index contributed by atoms with van der Waals surface area (Å²) in [5.74, 6) is -5.13. The van der Waals surface area contributed by atoms with Crippen molar-refractivity contribution >= 4 is 23.9 Å². The van der Waals surface area contributed by atoms with Crippen LogP contribution in [0.15, 0.2) is 60.7 Å². The molecule has 8 nitrogen and oxygen atoms in total. The fourth-order valence-electron chi connectivity index (χ4n) is 2.80. The number of carboxylic acids is 2. The van der Waals surface area contributed by atoms with E-state index in [1.807, 2.05) is 13.8 Å². The van der Waals surface area contributed by atoms with Gasteiger partial charge in [-0.2, -0.15) is 0 Å². The Kier molecular flexibility index (Phi) is 7.31. The van der Waals surface area contributed by atoms with Crippen molar-refractivity contribution in [2.45, 2.75) is 26.7 Å². The number of aliphatic carboxylic acids is 2. The summed E-state index contributed by atoms with van der Waals surface area (Å²) in [6.45, 7) is 6.96. The van der Waals surface area contributed by atoms with E-state index in [0.717, 1.165) is 11.1 Å². The Morgan fingerprint density at radius 2 is 1.13 bits per heavy atom. The van der Waals surface area contributed by atoms with Gasteiger partial charge in [0.25, 0.3) is 0 Å². The molecule has 2 N–H and O–H groups in total. The zero-order chi connectivity index (χ0) is 23.2. The van der Waals surface area contributed by atoms with E-state index in [4.69, 9.17) is 9.47 Å². The smallest absolute Gasteiger partial charge is 0.332 e. The second-order valence-electron chi connectivity index (χ2n) is 7.10. The highest BCUT2D eigenvalue weighted by atomic mass is 16.5. The molecule has 0 fully saturated rings. The predicted molar refractivity (Wildman–Crippen MR) is 110 cm³/mol. The number of hydrogen-bond acceptors (Lipinski definition) is 6. The summed E-state index contributed by atoms with van der Waals surface area (Å²) in [6.07, 6.45) is -1.85. The Bertz CT molecular complexity index is 941. The second kappa shape index (κ2) is 9.71. The molecule has 0 aliphatic rings. The molecule has 162 valence electrons. The molecule has 0 amide bonds. The molecule has 0 atom stereocenters. The van der Waals surface area contributed by atoms with Crippen LogP contribution in [-0.4, -0.2) is 34.1 Å². The van der Waals surface area contributed by atoms with E-state index >= 15 is 0 Å². The highest BCUT2D eigenvalue weighted by molar-refractivity contribution is 6.00. The van der Waals surface area contributed by atoms with Gasteiger partial charge in [-0.3, -0.25) is 14.4 Å². The van der Waals surface area contributed by atoms with Crippen LogP contribution in [0.1, 0.15) is 24.0 Å². The van der Waals surface area contributed by atoms with Gasteiger partial charge in [0.1, 0.15) is 16.9 Å². The molecule has 0 aliphatic carbocycles. The number of esters is 2. The highest BCUT2D eigenvalue weighted by Crippen LogP contribution is 2.36. The van der Waals surface area contributed by atoms with Gasteiger partial charge in [0.2, 0.25) is 0 Å². The van der Waals surface area contributed by atoms with E-state index < -0.39 is 47.7 Å². The number of carboxylic acid groups (broad SMARTS) is 2. The molecule has 31 heavy (non-hydrogen) atoms. The van der Waals surface area contributed by atoms with Crippen LogP contribution < -0.4 is 9.47 Å². The quantitative estimate of drug-likeness (QED) is 0.355. The van der Waals surface area contributed by atoms with Crippen LogP contribution in [0.3, 0.4) is 0 Å². The van der Waals surface area contributed by atoms with Gasteiger partial charge < -0.3 is 19.7 Å². The molecule has 2 aromatic rings. The van der Waals surface area contributed by atoms with Gasteiger partial charge >= 0.3 is 23.9 Å². The van der Waals surface area contributed by atoms with Crippen LogP contribution in [0.5, 0.6) is 11.5 Å². The Hall–Kier alpha value is -3.94. The van der Waals surface area contributed by atoms with Crippen LogP contribution >= 0.6 is 0 Å². The monoisotopic (exact) mass is 426 g/mol. The Labute approximate surface area is 178 Å². The number of carbonyl (C=O) groups excluding carboxylic acids is 2. The first-order chi connectivity index (χ1) is 14.5. The number of aryl methyl sites for hydroxylation is 2. The predicted octanol–water partition coefficient (Wildman–Crippen LogP) is 3.31. The molecule has 0 bridgehead atoms. The van der Waals surface area contributed by atoms with Crippen LogP contribution in [0, 0.1) is 19.3 Å². The van der Waals surface area contributed by atoms with Gasteiger partial charge in [0.05, 0.1) is 12.8 Å². The minimum atomic E-state index is -2.45. The number of benzene rings is 2. The first kappa shape index (κ1) is 23.3. The molecule has 8 heteroatoms. The normalized spacial score (nSPS) is 10.8. The van der Waals surface area contributed by atoms with Crippen molar-refractivity contribution in [3.63, 3.8) is 0 Å². The highest BCUT2D eigenvalue weighted by Gasteiger charge is 2.49. The van der Waals surface area contributed by atoms with Gasteiger partial charge in [-0.05, 0) is 38.1 Å². The van der Waals surface area contributed by atoms with Gasteiger partial charge in [-0.25, -0.2) is 4.79 Å². The lowest BCUT2D eigenvalue weighted by molar-refractivity contribution is -0.158. The van der Waals surface area contributed by atoms with E-state index in [1.165, 1.54) is 24.3 Å². The van der Waals surface area contributed by atoms with Crippen molar-refractivity contribution < 1.29 is 38.9 Å². The van der Waals surface area contributed by atoms with E-state index in [0.29, 0.717) is 0 Å². The maximum atomic E-state index is 12.5. The third-order valence-electron chi connectivity index (χ3n) is 4.64. The number of rotatable bonds is 9. The first-order valence-electron chi connectivity index (χ1n) is 9.24. The van der Waals surface area contributed by atoms with Crippen molar-refractivity contribution in [1.29, 1.82) is 0 Å². The van der Waals surface area contributed by atoms with E-state index in [2.05, 4.69) is 6.58 Å². The van der Waals surface area contributed by atoms with Crippen molar-refractivity contribution in [2.24, 2.45) is 5.41 Å². The summed E-state index contributed by atoms with van der Waals surface area (Å²) in [6, 6.07) is 12.8. The second-order valence-corrected chi connectivity index (χ2v) is 7.10. The summed E-state index contributed by atoms with van der Waals surface area (Å²) < 4.78 is 10.3. The zero-order valence-electron chi connectivity index (χ0n) is 17.1. The van der Waals surface area contributed by atoms with Crippen LogP contribution in [0.4, 0.5) is 0 Å². The molecule has 0 unspecified atom stereocenters. The molecule has 0 spiro atoms. The molecule has 0 aliphatic heterocycles. The lowest BCUT2D eigenvalue weighted by atomic mass is 9.75. The maximum absolute atomic E-state index is 12.5. The summed E-state index contributed by atoms with van der Waals surface area (Å²) in [7, 11) is 0. The van der Waals surface area contributed by atoms with Crippen molar-refractivity contribution in [3.8, 4) is 11.5 Å². The van der Waals surface area contributed by atoms with Crippen molar-refractivity contribution in [3.05, 3.63) is 71.8 Å². The average molecular weight is 426 g/mol. The SMILES string of the molecule is C=C(C(=O)O)C(CC(=O)Oc1ccc(C)cc1)(CC(=O)Oc1ccc(C)cc1)C(=O)O. The maximum Gasteiger partial charge on any atom is 0.332 e. The van der Waals surface area contributed by atoms with Gasteiger partial charge in [0, 0.05) is 5.57 Å². The topological polar surface area (TPSA) is 127 Å². The van der Waals surface area contributed by atoms with Gasteiger partial charge in [0.15, 0.2) is 0 Å². The third kappa shape index (κ3) is 6.02. The van der Waals surface area contributed by atoms with Gasteiger partial charge in [-0.1, -0.05) is 42.0 Å². The Morgan fingerprint density at radius 1 is 0.774 bits per heavy atom. The molecular formula is C23H22O8. The lowest BCUT2D eigenvalue weighted by Gasteiger charge is -2.27. The number of carbonyl (C=O) groups is 4. The first-order valence-corrected chi connectivity index (χ1v) is 9.24. The fraction of sp³-hybridized carbons (Fsp3) is 0.217. The summed E-state index contributed by atoms with van der Waals surface area (Å²) in [4.78, 5) is 48.5. The zero-order valence-corrected chi connectivity index (χ0v) is 17.1. The summed E-state index contributed by atoms with van der Waals surface area (Å²) in [5, 5.41) is 19.2. The van der Waals surface area contributed by atoms with Crippen molar-refractivity contribution in [2.75, 3.05) is 0 Å². The van der Waals surface area contributed by atoms with E-state index in [1.54, 1.807) is 24.3 Å². The van der Waals surface area contributed by atoms with Crippen LogP contribution in [0.2, 0.25) is 0 Å². The van der Waals surface area contributed by atoms with Crippen LogP contribution in [0.25, 0.3) is 0 Å². The van der Waals surface area contributed by atoms with E-state index in [-0.39, 0.29) is 11.5 Å². The molecule has 2 rings (SSSR count). The lowest BCUT2D eigenvalue weighted by Crippen LogP contribution is -2.41. The molecule has 0 aromatic heterocycles. The van der Waals surface area contributed by atoms with E-state index in [9.17, 15) is 29.4 Å². The summed E-state index contributed by atoms with van der Waals surface area (Å²) >= 11 is 0.